The van der Waals surface area contributed by atoms with E-state index in [-0.39, 0.29) is 29.0 Å². The zero-order chi connectivity index (χ0) is 28.0. The Labute approximate surface area is 239 Å². The second kappa shape index (κ2) is 10.7. The molecule has 3 fully saturated rings. The number of hydrogen-bond donors (Lipinski definition) is 0. The number of ether oxygens (including phenoxy) is 1. The quantitative estimate of drug-likeness (QED) is 0.335. The molecule has 1 saturated carbocycles. The summed E-state index contributed by atoms with van der Waals surface area (Å²) >= 11 is 1.41. The monoisotopic (exact) mass is 560 g/mol. The number of thiophene rings is 1. The van der Waals surface area contributed by atoms with Gasteiger partial charge in [0, 0.05) is 44.1 Å². The van der Waals surface area contributed by atoms with Gasteiger partial charge in [0.15, 0.2) is 0 Å². The summed E-state index contributed by atoms with van der Waals surface area (Å²) in [6.07, 6.45) is 1.63. The molecule has 2 aliphatic heterocycles. The summed E-state index contributed by atoms with van der Waals surface area (Å²) < 4.78 is 20.8. The molecule has 2 saturated heterocycles. The molecule has 2 atom stereocenters. The molecule has 2 aromatic carbocycles. The van der Waals surface area contributed by atoms with Gasteiger partial charge in [0.05, 0.1) is 4.88 Å². The number of likely N-dealkylation sites (tertiary alicyclic amines) is 1. The van der Waals surface area contributed by atoms with Gasteiger partial charge in [0.25, 0.3) is 11.8 Å². The highest BCUT2D eigenvalue weighted by Crippen LogP contribution is 2.52. The van der Waals surface area contributed by atoms with Gasteiger partial charge >= 0.3 is 0 Å². The Morgan fingerprint density at radius 1 is 1.02 bits per heavy atom. The van der Waals surface area contributed by atoms with Crippen LogP contribution in [-0.4, -0.2) is 49.6 Å². The summed E-state index contributed by atoms with van der Waals surface area (Å²) in [5.41, 5.74) is 3.29. The van der Waals surface area contributed by atoms with E-state index in [0.29, 0.717) is 66.7 Å². The molecule has 0 radical (unpaired) electrons. The lowest BCUT2D eigenvalue weighted by Crippen LogP contribution is -2.36. The predicted molar refractivity (Wildman–Crippen MR) is 157 cm³/mol. The van der Waals surface area contributed by atoms with Gasteiger partial charge in [-0.05, 0) is 88.8 Å². The minimum absolute atomic E-state index is 0.0462. The van der Waals surface area contributed by atoms with Crippen LogP contribution in [-0.2, 0) is 10.2 Å². The average molecular weight is 561 g/mol. The van der Waals surface area contributed by atoms with Crippen molar-refractivity contribution < 1.29 is 18.7 Å². The van der Waals surface area contributed by atoms with Crippen LogP contribution >= 0.6 is 11.3 Å². The Hall–Kier alpha value is -3.03. The van der Waals surface area contributed by atoms with Gasteiger partial charge in [-0.15, -0.1) is 11.3 Å². The van der Waals surface area contributed by atoms with Crippen LogP contribution in [0.5, 0.6) is 0 Å². The summed E-state index contributed by atoms with van der Waals surface area (Å²) in [7, 11) is 0. The lowest BCUT2D eigenvalue weighted by atomic mass is 9.86. The Morgan fingerprint density at radius 2 is 1.73 bits per heavy atom. The van der Waals surface area contributed by atoms with Crippen LogP contribution in [0.2, 0.25) is 0 Å². The summed E-state index contributed by atoms with van der Waals surface area (Å²) in [6, 6.07) is 16.9. The van der Waals surface area contributed by atoms with Crippen molar-refractivity contribution in [2.24, 2.45) is 17.8 Å². The first-order valence-corrected chi connectivity index (χ1v) is 15.2. The molecule has 2 unspecified atom stereocenters. The molecule has 0 spiro atoms. The van der Waals surface area contributed by atoms with E-state index in [0.717, 1.165) is 18.4 Å². The predicted octanol–water partition coefficient (Wildman–Crippen LogP) is 6.74. The van der Waals surface area contributed by atoms with Gasteiger partial charge < -0.3 is 14.5 Å². The van der Waals surface area contributed by atoms with E-state index in [9.17, 15) is 9.59 Å². The Bertz CT molecular complexity index is 1360. The number of fused-ring (bicyclic) bond motifs is 1. The maximum Gasteiger partial charge on any atom is 0.268 e. The van der Waals surface area contributed by atoms with Crippen molar-refractivity contribution in [3.63, 3.8) is 0 Å². The van der Waals surface area contributed by atoms with Gasteiger partial charge in [-0.25, -0.2) is 4.39 Å². The van der Waals surface area contributed by atoms with Crippen molar-refractivity contribution in [1.29, 1.82) is 0 Å². The second-order valence-corrected chi connectivity index (χ2v) is 13.5. The maximum atomic E-state index is 15.4. The van der Waals surface area contributed by atoms with E-state index in [4.69, 9.17) is 4.74 Å². The number of piperidine rings is 1. The molecule has 0 N–H and O–H groups in total. The van der Waals surface area contributed by atoms with E-state index < -0.39 is 0 Å². The average Bonchev–Trinajstić information content (AvgIpc) is 3.34. The molecule has 3 aliphatic rings. The maximum absolute atomic E-state index is 15.4. The van der Waals surface area contributed by atoms with Crippen LogP contribution in [0.3, 0.4) is 0 Å². The first kappa shape index (κ1) is 27.2. The van der Waals surface area contributed by atoms with Crippen LogP contribution in [0.25, 0.3) is 0 Å². The SMILES string of the molecule is CC(C)(C)c1ccc(C(=O)N2CC3C(C2)C3CN(C(=O)c2cccs2)c2ccc(C3CCOCC3)c(F)c2)cc1. The van der Waals surface area contributed by atoms with E-state index in [1.807, 2.05) is 58.8 Å². The minimum atomic E-state index is -0.251. The van der Waals surface area contributed by atoms with E-state index in [2.05, 4.69) is 20.8 Å². The van der Waals surface area contributed by atoms with Gasteiger partial charge in [0.2, 0.25) is 0 Å². The lowest BCUT2D eigenvalue weighted by Gasteiger charge is -2.27. The summed E-state index contributed by atoms with van der Waals surface area (Å²) in [6.45, 7) is 9.74. The standard InChI is InChI=1S/C33H37FN2O3S/c1-33(2,3)23-8-6-22(7-9-23)31(37)35-18-26-27(19-35)28(26)20-36(32(38)30-5-4-16-40-30)24-10-11-25(29(34)17-24)21-12-14-39-15-13-21/h4-11,16-17,21,26-28H,12-15,18-20H2,1-3H3. The molecule has 0 bridgehead atoms. The molecular weight excluding hydrogens is 523 g/mol. The molecule has 1 aliphatic carbocycles. The smallest absolute Gasteiger partial charge is 0.268 e. The number of rotatable bonds is 6. The summed E-state index contributed by atoms with van der Waals surface area (Å²) in [5, 5.41) is 1.89. The molecular formula is C33H37FN2O3S. The summed E-state index contributed by atoms with van der Waals surface area (Å²) in [4.78, 5) is 31.1. The molecule has 5 nitrogen and oxygen atoms in total. The first-order valence-electron chi connectivity index (χ1n) is 14.3. The highest BCUT2D eigenvalue weighted by Gasteiger charge is 2.57. The first-order chi connectivity index (χ1) is 19.2. The molecule has 7 heteroatoms. The fourth-order valence-electron chi connectivity index (χ4n) is 6.45. The molecule has 3 heterocycles. The summed E-state index contributed by atoms with van der Waals surface area (Å²) in [5.74, 6) is 0.910. The van der Waals surface area contributed by atoms with Crippen LogP contribution in [0.1, 0.15) is 70.7 Å². The van der Waals surface area contributed by atoms with Crippen LogP contribution in [0, 0.1) is 23.6 Å². The Morgan fingerprint density at radius 3 is 2.33 bits per heavy atom. The van der Waals surface area contributed by atoms with Crippen LogP contribution in [0.4, 0.5) is 10.1 Å². The number of carbonyl (C=O) groups excluding carboxylic acids is 2. The van der Waals surface area contributed by atoms with Crippen LogP contribution < -0.4 is 4.90 Å². The van der Waals surface area contributed by atoms with E-state index in [1.165, 1.54) is 23.0 Å². The van der Waals surface area contributed by atoms with E-state index in [1.54, 1.807) is 4.90 Å². The molecule has 210 valence electrons. The van der Waals surface area contributed by atoms with Crippen molar-refractivity contribution >= 4 is 28.8 Å². The fourth-order valence-corrected chi connectivity index (χ4v) is 7.13. The van der Waals surface area contributed by atoms with Crippen LogP contribution in [0.15, 0.2) is 60.0 Å². The molecule has 6 rings (SSSR count). The number of nitrogens with zero attached hydrogens (tertiary/aromatic N) is 2. The third-order valence-electron chi connectivity index (χ3n) is 8.98. The topological polar surface area (TPSA) is 49.9 Å². The molecule has 40 heavy (non-hydrogen) atoms. The molecule has 3 aromatic rings. The largest absolute Gasteiger partial charge is 0.381 e. The number of halogens is 1. The third-order valence-corrected chi connectivity index (χ3v) is 9.84. The fraction of sp³-hybridized carbons (Fsp3) is 0.455. The van der Waals surface area contributed by atoms with Crippen molar-refractivity contribution in [1.82, 2.24) is 4.90 Å². The van der Waals surface area contributed by atoms with Gasteiger partial charge in [-0.1, -0.05) is 45.0 Å². The second-order valence-electron chi connectivity index (χ2n) is 12.5. The highest BCUT2D eigenvalue weighted by molar-refractivity contribution is 7.12. The number of amides is 2. The van der Waals surface area contributed by atoms with Gasteiger partial charge in [0.1, 0.15) is 5.82 Å². The third kappa shape index (κ3) is 5.34. The zero-order valence-electron chi connectivity index (χ0n) is 23.4. The number of carbonyl (C=O) groups is 2. The highest BCUT2D eigenvalue weighted by atomic mass is 32.1. The Kier molecular flexibility index (Phi) is 7.30. The van der Waals surface area contributed by atoms with E-state index >= 15 is 4.39 Å². The zero-order valence-corrected chi connectivity index (χ0v) is 24.3. The van der Waals surface area contributed by atoms with Gasteiger partial charge in [-0.2, -0.15) is 0 Å². The molecule has 2 amide bonds. The molecule has 1 aromatic heterocycles. The number of anilines is 1. The van der Waals surface area contributed by atoms with Crippen molar-refractivity contribution in [2.45, 2.75) is 44.9 Å². The number of hydrogen-bond acceptors (Lipinski definition) is 4. The van der Waals surface area contributed by atoms with Crippen molar-refractivity contribution in [3.05, 3.63) is 87.4 Å². The number of benzene rings is 2. The van der Waals surface area contributed by atoms with Crippen molar-refractivity contribution in [2.75, 3.05) is 37.7 Å². The minimum Gasteiger partial charge on any atom is -0.381 e. The normalized spacial score (nSPS) is 22.7. The van der Waals surface area contributed by atoms with Crippen molar-refractivity contribution in [3.8, 4) is 0 Å². The van der Waals surface area contributed by atoms with Gasteiger partial charge in [-0.3, -0.25) is 9.59 Å². The lowest BCUT2D eigenvalue weighted by molar-refractivity contribution is 0.0766. The Balaban J connectivity index is 1.15.